The average molecular weight is 733 g/mol. The first-order chi connectivity index (χ1) is 28.2. The van der Waals surface area contributed by atoms with Gasteiger partial charge in [0.15, 0.2) is 11.4 Å². The maximum Gasteiger partial charge on any atom is 0.159 e. The third-order valence-corrected chi connectivity index (χ3v) is 11.3. The van der Waals surface area contributed by atoms with Gasteiger partial charge >= 0.3 is 0 Å². The lowest BCUT2D eigenvalue weighted by molar-refractivity contribution is 0.666. The Bertz CT molecular complexity index is 3390. The highest BCUT2D eigenvalue weighted by atomic mass is 16.3. The molecule has 8 aromatic carbocycles. The zero-order valence-electron chi connectivity index (χ0n) is 30.6. The molecule has 3 aromatic heterocycles. The lowest BCUT2D eigenvalue weighted by Gasteiger charge is -2.23. The summed E-state index contributed by atoms with van der Waals surface area (Å²) in [5.74, 6) is 1.46. The molecule has 0 aliphatic carbocycles. The van der Waals surface area contributed by atoms with E-state index in [1.54, 1.807) is 0 Å². The summed E-state index contributed by atoms with van der Waals surface area (Å²) in [5.41, 5.74) is 11.9. The van der Waals surface area contributed by atoms with Gasteiger partial charge in [0.2, 0.25) is 0 Å². The third kappa shape index (κ3) is 5.04. The molecule has 1 atom stereocenters. The van der Waals surface area contributed by atoms with E-state index in [0.717, 1.165) is 94.3 Å². The number of nitrogens with one attached hydrogen (secondary N) is 1. The molecule has 0 fully saturated rings. The van der Waals surface area contributed by atoms with Gasteiger partial charge in [-0.2, -0.15) is 0 Å². The lowest BCUT2D eigenvalue weighted by Crippen LogP contribution is -2.33. The number of benzene rings is 8. The van der Waals surface area contributed by atoms with Gasteiger partial charge in [0.25, 0.3) is 0 Å². The molecular formula is C51H32N4O2. The summed E-state index contributed by atoms with van der Waals surface area (Å²) in [6, 6.07) is 63.3. The van der Waals surface area contributed by atoms with Gasteiger partial charge in [-0.25, -0.2) is 9.98 Å². The van der Waals surface area contributed by atoms with Crippen molar-refractivity contribution in [1.82, 2.24) is 9.88 Å². The van der Waals surface area contributed by atoms with Crippen LogP contribution in [0.15, 0.2) is 201 Å². The largest absolute Gasteiger partial charge is 0.456 e. The second-order valence-electron chi connectivity index (χ2n) is 14.6. The Balaban J connectivity index is 0.959. The molecule has 57 heavy (non-hydrogen) atoms. The van der Waals surface area contributed by atoms with Crippen LogP contribution in [0.5, 0.6) is 0 Å². The summed E-state index contributed by atoms with van der Waals surface area (Å²) in [4.78, 5) is 10.1. The number of aliphatic imine (C=N–C) groups is 2. The molecule has 1 N–H and O–H groups in total. The highest BCUT2D eigenvalue weighted by Crippen LogP contribution is 2.40. The standard InChI is InChI=1S/C51H32N4O2/c1-3-12-31(13-4-1)49-52-50(32-14-5-2-6-15-32)54-51(53-49)35-24-27-46-41(30-35)40-29-34(22-25-45(40)56-46)33-23-26-47-39(28-33)38-18-11-21-44(48(38)57-47)55-42-19-9-7-16-36(42)37-17-8-10-20-43(37)55/h1-30,49H,(H,52,53,54). The van der Waals surface area contributed by atoms with E-state index < -0.39 is 0 Å². The summed E-state index contributed by atoms with van der Waals surface area (Å²) in [6.45, 7) is 0. The van der Waals surface area contributed by atoms with Crippen molar-refractivity contribution in [3.05, 3.63) is 199 Å². The summed E-state index contributed by atoms with van der Waals surface area (Å²) in [5, 5.41) is 10.3. The Morgan fingerprint density at radius 3 is 1.67 bits per heavy atom. The van der Waals surface area contributed by atoms with E-state index in [9.17, 15) is 0 Å². The minimum absolute atomic E-state index is 0.274. The van der Waals surface area contributed by atoms with Gasteiger partial charge in [0.05, 0.1) is 16.7 Å². The van der Waals surface area contributed by atoms with Crippen LogP contribution in [0, 0.1) is 0 Å². The Hall–Kier alpha value is -7.70. The lowest BCUT2D eigenvalue weighted by atomic mass is 10.00. The Morgan fingerprint density at radius 1 is 0.439 bits per heavy atom. The smallest absolute Gasteiger partial charge is 0.159 e. The van der Waals surface area contributed by atoms with E-state index in [1.165, 1.54) is 10.8 Å². The number of aromatic nitrogens is 1. The maximum absolute atomic E-state index is 6.69. The summed E-state index contributed by atoms with van der Waals surface area (Å²) in [6.07, 6.45) is -0.274. The number of fused-ring (bicyclic) bond motifs is 9. The van der Waals surface area contributed by atoms with Gasteiger partial charge in [-0.1, -0.05) is 121 Å². The van der Waals surface area contributed by atoms with Crippen LogP contribution < -0.4 is 5.32 Å². The number of amidine groups is 2. The van der Waals surface area contributed by atoms with Crippen LogP contribution in [0.3, 0.4) is 0 Å². The first-order valence-corrected chi connectivity index (χ1v) is 19.2. The highest BCUT2D eigenvalue weighted by molar-refractivity contribution is 6.16. The fourth-order valence-electron chi connectivity index (χ4n) is 8.54. The summed E-state index contributed by atoms with van der Waals surface area (Å²) in [7, 11) is 0. The first-order valence-electron chi connectivity index (χ1n) is 19.2. The number of nitrogens with zero attached hydrogens (tertiary/aromatic N) is 3. The second-order valence-corrected chi connectivity index (χ2v) is 14.6. The van der Waals surface area contributed by atoms with Crippen molar-refractivity contribution in [2.24, 2.45) is 9.98 Å². The average Bonchev–Trinajstić information content (AvgIpc) is 3.96. The molecule has 0 radical (unpaired) electrons. The van der Waals surface area contributed by atoms with Gasteiger partial charge in [0, 0.05) is 43.4 Å². The molecule has 268 valence electrons. The van der Waals surface area contributed by atoms with Gasteiger partial charge in [-0.3, -0.25) is 0 Å². The van der Waals surface area contributed by atoms with Crippen LogP contribution in [0.2, 0.25) is 0 Å². The molecular weight excluding hydrogens is 701 g/mol. The molecule has 11 aromatic rings. The van der Waals surface area contributed by atoms with Gasteiger partial charge in [-0.05, 0) is 77.4 Å². The minimum atomic E-state index is -0.274. The van der Waals surface area contributed by atoms with Crippen LogP contribution in [-0.2, 0) is 0 Å². The SMILES string of the molecule is c1ccc(C2=NC(c3ccccc3)NC(c3ccc4oc5ccc(-c6ccc7oc8c(-n9c%10ccccc%10c%10ccccc%109)cccc8c7c6)cc5c4c3)=N2)cc1. The number of furan rings is 2. The van der Waals surface area contributed by atoms with Gasteiger partial charge in [0.1, 0.15) is 28.8 Å². The van der Waals surface area contributed by atoms with Crippen molar-refractivity contribution < 1.29 is 8.83 Å². The zero-order chi connectivity index (χ0) is 37.5. The van der Waals surface area contributed by atoms with E-state index in [2.05, 4.69) is 149 Å². The molecule has 0 saturated carbocycles. The van der Waals surface area contributed by atoms with E-state index in [4.69, 9.17) is 18.8 Å². The van der Waals surface area contributed by atoms with Crippen molar-refractivity contribution in [3.63, 3.8) is 0 Å². The number of hydrogen-bond acceptors (Lipinski definition) is 5. The molecule has 1 unspecified atom stereocenters. The topological polar surface area (TPSA) is 68.0 Å². The van der Waals surface area contributed by atoms with Crippen molar-refractivity contribution in [2.75, 3.05) is 0 Å². The fourth-order valence-corrected chi connectivity index (χ4v) is 8.54. The number of para-hydroxylation sites is 3. The predicted molar refractivity (Wildman–Crippen MR) is 233 cm³/mol. The van der Waals surface area contributed by atoms with Crippen LogP contribution in [-0.4, -0.2) is 16.2 Å². The molecule has 0 spiro atoms. The van der Waals surface area contributed by atoms with Crippen molar-refractivity contribution in [2.45, 2.75) is 6.17 Å². The van der Waals surface area contributed by atoms with E-state index in [-0.39, 0.29) is 6.17 Å². The van der Waals surface area contributed by atoms with Gasteiger partial charge in [-0.15, -0.1) is 0 Å². The van der Waals surface area contributed by atoms with Crippen LogP contribution >= 0.6 is 0 Å². The molecule has 4 heterocycles. The summed E-state index contributed by atoms with van der Waals surface area (Å²) >= 11 is 0. The van der Waals surface area contributed by atoms with Gasteiger partial charge < -0.3 is 18.7 Å². The van der Waals surface area contributed by atoms with Crippen molar-refractivity contribution >= 4 is 77.4 Å². The quantitative estimate of drug-likeness (QED) is 0.192. The minimum Gasteiger partial charge on any atom is -0.456 e. The predicted octanol–water partition coefficient (Wildman–Crippen LogP) is 12.7. The highest BCUT2D eigenvalue weighted by Gasteiger charge is 2.22. The third-order valence-electron chi connectivity index (χ3n) is 11.3. The Morgan fingerprint density at radius 2 is 0.982 bits per heavy atom. The van der Waals surface area contributed by atoms with Crippen LogP contribution in [0.4, 0.5) is 0 Å². The Kier molecular flexibility index (Phi) is 6.89. The molecule has 12 rings (SSSR count). The number of hydrogen-bond donors (Lipinski definition) is 1. The van der Waals surface area contributed by atoms with Crippen LogP contribution in [0.1, 0.15) is 22.9 Å². The monoisotopic (exact) mass is 732 g/mol. The van der Waals surface area contributed by atoms with Crippen molar-refractivity contribution in [1.29, 1.82) is 0 Å². The molecule has 1 aliphatic rings. The molecule has 1 aliphatic heterocycles. The number of rotatable bonds is 5. The molecule has 0 amide bonds. The van der Waals surface area contributed by atoms with Crippen molar-refractivity contribution in [3.8, 4) is 16.8 Å². The van der Waals surface area contributed by atoms with E-state index in [0.29, 0.717) is 5.84 Å². The Labute approximate surface area is 326 Å². The van der Waals surface area contributed by atoms with Crippen LogP contribution in [0.25, 0.3) is 82.5 Å². The second kappa shape index (κ2) is 12.4. The fraction of sp³-hybridized carbons (Fsp3) is 0.0196. The summed E-state index contributed by atoms with van der Waals surface area (Å²) < 4.78 is 15.4. The molecule has 0 saturated heterocycles. The molecule has 0 bridgehead atoms. The van der Waals surface area contributed by atoms with E-state index in [1.807, 2.05) is 42.5 Å². The zero-order valence-corrected chi connectivity index (χ0v) is 30.6. The normalized spacial score (nSPS) is 14.5. The van der Waals surface area contributed by atoms with E-state index >= 15 is 0 Å². The first kappa shape index (κ1) is 31.6. The molecule has 6 heteroatoms. The maximum atomic E-state index is 6.69. The molecule has 6 nitrogen and oxygen atoms in total.